The normalized spacial score (nSPS) is 14.7. The molecule has 1 aliphatic rings. The number of nitrogen functional groups attached to an aromatic ring is 1. The molecule has 9 nitrogen and oxygen atoms in total. The van der Waals surface area contributed by atoms with Crippen molar-refractivity contribution in [1.82, 2.24) is 29.6 Å². The Labute approximate surface area is 192 Å². The van der Waals surface area contributed by atoms with Crippen LogP contribution in [0.3, 0.4) is 0 Å². The van der Waals surface area contributed by atoms with Crippen LogP contribution in [-0.2, 0) is 11.0 Å². The Morgan fingerprint density at radius 1 is 1.12 bits per heavy atom. The number of carbonyl (C=O) groups excluding carboxylic acids is 1. The maximum absolute atomic E-state index is 13.0. The number of hydrogen-bond acceptors (Lipinski definition) is 7. The van der Waals surface area contributed by atoms with Gasteiger partial charge in [0.1, 0.15) is 0 Å². The quantitative estimate of drug-likeness (QED) is 0.442. The molecule has 1 fully saturated rings. The van der Waals surface area contributed by atoms with Crippen molar-refractivity contribution in [2.24, 2.45) is 0 Å². The number of aromatic nitrogens is 5. The van der Waals surface area contributed by atoms with Gasteiger partial charge in [0.25, 0.3) is 5.95 Å². The molecule has 0 radical (unpaired) electrons. The van der Waals surface area contributed by atoms with E-state index in [9.17, 15) is 18.0 Å². The van der Waals surface area contributed by atoms with E-state index in [1.54, 1.807) is 15.6 Å². The summed E-state index contributed by atoms with van der Waals surface area (Å²) in [6.07, 6.45) is -4.39. The molecule has 0 aliphatic carbocycles. The van der Waals surface area contributed by atoms with Crippen molar-refractivity contribution in [2.45, 2.75) is 25.2 Å². The first-order valence-electron chi connectivity index (χ1n) is 10.2. The smallest absolute Gasteiger partial charge is 0.368 e. The molecule has 2 N–H and O–H groups in total. The van der Waals surface area contributed by atoms with Crippen LogP contribution in [0, 0.1) is 13.8 Å². The minimum absolute atomic E-state index is 0.0978. The Kier molecular flexibility index (Phi) is 6.23. The van der Waals surface area contributed by atoms with Crippen molar-refractivity contribution in [3.8, 4) is 5.95 Å². The van der Waals surface area contributed by atoms with E-state index < -0.39 is 11.7 Å². The van der Waals surface area contributed by atoms with E-state index in [1.807, 2.05) is 24.8 Å². The Bertz CT molecular complexity index is 1150. The van der Waals surface area contributed by atoms with Crippen molar-refractivity contribution in [1.29, 1.82) is 0 Å². The second-order valence-corrected chi connectivity index (χ2v) is 8.64. The van der Waals surface area contributed by atoms with Gasteiger partial charge in [-0.05, 0) is 38.1 Å². The number of carbonyl (C=O) groups is 1. The van der Waals surface area contributed by atoms with Gasteiger partial charge in [-0.3, -0.25) is 4.79 Å². The maximum atomic E-state index is 13.0. The highest BCUT2D eigenvalue weighted by Gasteiger charge is 2.31. The zero-order chi connectivity index (χ0) is 23.8. The second-order valence-electron chi connectivity index (χ2n) is 7.70. The highest BCUT2D eigenvalue weighted by atomic mass is 32.2. The Hall–Kier alpha value is -3.22. The fourth-order valence-electron chi connectivity index (χ4n) is 3.65. The van der Waals surface area contributed by atoms with Gasteiger partial charge in [0.15, 0.2) is 0 Å². The molecule has 13 heteroatoms. The molecular formula is C20H23F3N8OS. The van der Waals surface area contributed by atoms with Gasteiger partial charge in [-0.25, -0.2) is 9.36 Å². The first-order valence-corrected chi connectivity index (χ1v) is 11.2. The number of piperazine rings is 1. The van der Waals surface area contributed by atoms with E-state index in [0.29, 0.717) is 43.0 Å². The van der Waals surface area contributed by atoms with Crippen molar-refractivity contribution in [3.05, 3.63) is 47.3 Å². The lowest BCUT2D eigenvalue weighted by Gasteiger charge is -2.36. The standard InChI is InChI=1S/C20H23F3N8OS/c1-13-10-14(2)31(27-13)18-25-26-19(30(18)24)33-12-17(32)29-8-6-28(7-9-29)16-5-3-4-15(11-16)20(21,22)23/h3-5,10-11H,6-9,12,24H2,1-2H3. The van der Waals surface area contributed by atoms with Gasteiger partial charge in [0.2, 0.25) is 11.1 Å². The molecule has 0 unspecified atom stereocenters. The summed E-state index contributed by atoms with van der Waals surface area (Å²) in [5.41, 5.74) is 1.50. The van der Waals surface area contributed by atoms with Crippen molar-refractivity contribution >= 4 is 23.4 Å². The van der Waals surface area contributed by atoms with Crippen LogP contribution in [0.4, 0.5) is 18.9 Å². The zero-order valence-electron chi connectivity index (χ0n) is 18.1. The second kappa shape index (κ2) is 8.96. The van der Waals surface area contributed by atoms with E-state index >= 15 is 0 Å². The summed E-state index contributed by atoms with van der Waals surface area (Å²) < 4.78 is 41.8. The molecule has 3 heterocycles. The molecule has 0 bridgehead atoms. The summed E-state index contributed by atoms with van der Waals surface area (Å²) in [4.78, 5) is 16.2. The third-order valence-electron chi connectivity index (χ3n) is 5.34. The van der Waals surface area contributed by atoms with Gasteiger partial charge in [-0.2, -0.15) is 18.3 Å². The number of rotatable bonds is 5. The molecule has 33 heavy (non-hydrogen) atoms. The van der Waals surface area contributed by atoms with Gasteiger partial charge in [0, 0.05) is 37.6 Å². The molecule has 4 rings (SSSR count). The van der Waals surface area contributed by atoms with Gasteiger partial charge in [-0.1, -0.05) is 17.8 Å². The van der Waals surface area contributed by atoms with Crippen LogP contribution in [0.15, 0.2) is 35.5 Å². The van der Waals surface area contributed by atoms with Crippen LogP contribution >= 0.6 is 11.8 Å². The first-order chi connectivity index (χ1) is 15.6. The van der Waals surface area contributed by atoms with Crippen LogP contribution in [0.1, 0.15) is 17.0 Å². The third-order valence-corrected chi connectivity index (χ3v) is 6.27. The average Bonchev–Trinajstić information content (AvgIpc) is 3.31. The number of thioether (sulfide) groups is 1. The van der Waals surface area contributed by atoms with E-state index in [4.69, 9.17) is 5.84 Å². The molecule has 1 amide bonds. The summed E-state index contributed by atoms with van der Waals surface area (Å²) in [6.45, 7) is 5.48. The Balaban J connectivity index is 1.33. The Morgan fingerprint density at radius 3 is 2.48 bits per heavy atom. The van der Waals surface area contributed by atoms with E-state index in [2.05, 4.69) is 15.3 Å². The molecule has 0 atom stereocenters. The maximum Gasteiger partial charge on any atom is 0.416 e. The van der Waals surface area contributed by atoms with E-state index in [-0.39, 0.29) is 11.7 Å². The molecule has 0 spiro atoms. The number of nitrogens with two attached hydrogens (primary N) is 1. The number of benzene rings is 1. The third kappa shape index (κ3) is 4.92. The molecule has 1 aliphatic heterocycles. The molecule has 1 aromatic carbocycles. The largest absolute Gasteiger partial charge is 0.416 e. The number of aryl methyl sites for hydroxylation is 2. The SMILES string of the molecule is Cc1cc(C)n(-c2nnc(SCC(=O)N3CCN(c4cccc(C(F)(F)F)c4)CC3)n2N)n1. The molecule has 176 valence electrons. The van der Waals surface area contributed by atoms with Crippen molar-refractivity contribution in [2.75, 3.05) is 42.7 Å². The van der Waals surface area contributed by atoms with Crippen molar-refractivity contribution < 1.29 is 18.0 Å². The molecule has 1 saturated heterocycles. The zero-order valence-corrected chi connectivity index (χ0v) is 18.9. The van der Waals surface area contributed by atoms with Gasteiger partial charge in [0.05, 0.1) is 17.0 Å². The van der Waals surface area contributed by atoms with Gasteiger partial charge in [-0.15, -0.1) is 10.2 Å². The number of amides is 1. The summed E-state index contributed by atoms with van der Waals surface area (Å²) in [5.74, 6) is 6.48. The summed E-state index contributed by atoms with van der Waals surface area (Å²) >= 11 is 1.17. The van der Waals surface area contributed by atoms with E-state index in [0.717, 1.165) is 23.5 Å². The average molecular weight is 481 g/mol. The lowest BCUT2D eigenvalue weighted by molar-refractivity contribution is -0.137. The fourth-order valence-corrected chi connectivity index (χ4v) is 4.41. The van der Waals surface area contributed by atoms with Crippen molar-refractivity contribution in [3.63, 3.8) is 0 Å². The highest BCUT2D eigenvalue weighted by molar-refractivity contribution is 7.99. The van der Waals surface area contributed by atoms with Crippen LogP contribution in [-0.4, -0.2) is 67.4 Å². The molecular weight excluding hydrogens is 457 g/mol. The van der Waals surface area contributed by atoms with Crippen LogP contribution in [0.5, 0.6) is 0 Å². The predicted octanol–water partition coefficient (Wildman–Crippen LogP) is 2.25. The number of halogens is 3. The number of hydrogen-bond donors (Lipinski definition) is 1. The minimum atomic E-state index is -4.39. The van der Waals surface area contributed by atoms with Gasteiger partial charge < -0.3 is 15.6 Å². The van der Waals surface area contributed by atoms with Crippen LogP contribution < -0.4 is 10.7 Å². The van der Waals surface area contributed by atoms with Crippen LogP contribution in [0.25, 0.3) is 5.95 Å². The van der Waals surface area contributed by atoms with Gasteiger partial charge >= 0.3 is 6.18 Å². The fraction of sp³-hybridized carbons (Fsp3) is 0.400. The summed E-state index contributed by atoms with van der Waals surface area (Å²) in [7, 11) is 0. The molecule has 3 aromatic rings. The molecule has 0 saturated carbocycles. The number of nitrogens with zero attached hydrogens (tertiary/aromatic N) is 7. The molecule has 2 aromatic heterocycles. The summed E-state index contributed by atoms with van der Waals surface area (Å²) in [6, 6.07) is 7.13. The monoisotopic (exact) mass is 480 g/mol. The van der Waals surface area contributed by atoms with Crippen LogP contribution in [0.2, 0.25) is 0 Å². The number of anilines is 1. The number of alkyl halides is 3. The highest BCUT2D eigenvalue weighted by Crippen LogP contribution is 2.32. The van der Waals surface area contributed by atoms with E-state index in [1.165, 1.54) is 22.5 Å². The topological polar surface area (TPSA) is 98.1 Å². The summed E-state index contributed by atoms with van der Waals surface area (Å²) in [5, 5.41) is 12.9. The predicted molar refractivity (Wildman–Crippen MR) is 118 cm³/mol. The Morgan fingerprint density at radius 2 is 1.85 bits per heavy atom. The lowest BCUT2D eigenvalue weighted by atomic mass is 10.1. The lowest BCUT2D eigenvalue weighted by Crippen LogP contribution is -2.49. The minimum Gasteiger partial charge on any atom is -0.368 e. The first kappa shape index (κ1) is 23.0.